The van der Waals surface area contributed by atoms with Crippen LogP contribution in [0.4, 0.5) is 5.69 Å². The van der Waals surface area contributed by atoms with Crippen LogP contribution in [-0.2, 0) is 34.3 Å². The molecule has 0 radical (unpaired) electrons. The summed E-state index contributed by atoms with van der Waals surface area (Å²) in [5.41, 5.74) is 0.602. The SMILES string of the molecule is O=C(O)C1=Nc2ccccc2S1(=S)=S. The standard InChI is InChI=1S/C8H5NO2S3/c10-8(11)7-9-5-3-1-2-4-6(5)14(7,12)13/h1-4H,(H,10,11). The van der Waals surface area contributed by atoms with Gasteiger partial charge in [-0.25, -0.2) is 9.79 Å². The molecular formula is C8H5NO2S3. The normalized spacial score (nSPS) is 17.3. The number of para-hydroxylation sites is 1. The molecule has 0 spiro atoms. The summed E-state index contributed by atoms with van der Waals surface area (Å²) in [6.07, 6.45) is 0. The third-order valence-electron chi connectivity index (χ3n) is 1.81. The molecule has 0 saturated heterocycles. The van der Waals surface area contributed by atoms with Gasteiger partial charge in [0.1, 0.15) is 0 Å². The van der Waals surface area contributed by atoms with Crippen LogP contribution in [0.2, 0.25) is 0 Å². The molecule has 14 heavy (non-hydrogen) atoms. The van der Waals surface area contributed by atoms with Crippen molar-refractivity contribution in [3.8, 4) is 0 Å². The second-order valence-electron chi connectivity index (χ2n) is 2.69. The summed E-state index contributed by atoms with van der Waals surface area (Å²) in [6, 6.07) is 7.06. The summed E-state index contributed by atoms with van der Waals surface area (Å²) in [6.45, 7) is 0. The number of carboxylic acids is 1. The van der Waals surface area contributed by atoms with Crippen molar-refractivity contribution >= 4 is 46.2 Å². The van der Waals surface area contributed by atoms with Gasteiger partial charge in [-0.2, -0.15) is 0 Å². The Hall–Kier alpha value is -0.850. The van der Waals surface area contributed by atoms with Crippen molar-refractivity contribution in [3.05, 3.63) is 24.3 Å². The van der Waals surface area contributed by atoms with E-state index in [0.717, 1.165) is 0 Å². The van der Waals surface area contributed by atoms with E-state index < -0.39 is 13.1 Å². The molecule has 0 bridgehead atoms. The number of hydrogen-bond donors (Lipinski definition) is 1. The molecule has 6 heteroatoms. The molecule has 1 aliphatic rings. The smallest absolute Gasteiger partial charge is 0.362 e. The van der Waals surface area contributed by atoms with Crippen molar-refractivity contribution in [3.63, 3.8) is 0 Å². The maximum Gasteiger partial charge on any atom is 0.362 e. The van der Waals surface area contributed by atoms with Gasteiger partial charge in [-0.15, -0.1) is 0 Å². The first-order chi connectivity index (χ1) is 6.53. The Bertz CT molecular complexity index is 545. The predicted molar refractivity (Wildman–Crippen MR) is 61.5 cm³/mol. The molecule has 1 N–H and O–H groups in total. The van der Waals surface area contributed by atoms with E-state index >= 15 is 0 Å². The van der Waals surface area contributed by atoms with Crippen LogP contribution in [0.5, 0.6) is 0 Å². The monoisotopic (exact) mass is 243 g/mol. The molecule has 0 aliphatic carbocycles. The van der Waals surface area contributed by atoms with Crippen molar-refractivity contribution in [1.82, 2.24) is 0 Å². The van der Waals surface area contributed by atoms with Crippen LogP contribution < -0.4 is 0 Å². The van der Waals surface area contributed by atoms with Crippen LogP contribution in [-0.4, -0.2) is 16.1 Å². The van der Waals surface area contributed by atoms with Crippen molar-refractivity contribution < 1.29 is 9.90 Å². The first kappa shape index (κ1) is 9.70. The van der Waals surface area contributed by atoms with E-state index in [0.29, 0.717) is 10.6 Å². The van der Waals surface area contributed by atoms with Gasteiger partial charge in [-0.05, 0) is 41.7 Å². The Balaban J connectivity index is 2.75. The van der Waals surface area contributed by atoms with Gasteiger partial charge in [0.2, 0.25) is 0 Å². The highest BCUT2D eigenvalue weighted by atomic mass is 33.1. The molecular weight excluding hydrogens is 238 g/mol. The predicted octanol–water partition coefficient (Wildman–Crippen LogP) is 1.25. The molecule has 1 aromatic carbocycles. The number of fused-ring (bicyclic) bond motifs is 1. The van der Waals surface area contributed by atoms with Gasteiger partial charge in [0.25, 0.3) is 0 Å². The Labute approximate surface area is 90.3 Å². The number of hydrogen-bond acceptors (Lipinski definition) is 4. The van der Waals surface area contributed by atoms with Crippen molar-refractivity contribution in [2.45, 2.75) is 4.90 Å². The maximum absolute atomic E-state index is 10.8. The molecule has 1 aliphatic heterocycles. The summed E-state index contributed by atoms with van der Waals surface area (Å²) < 4.78 is 0. The Morgan fingerprint density at radius 1 is 1.36 bits per heavy atom. The molecule has 1 aromatic rings. The van der Waals surface area contributed by atoms with Crippen molar-refractivity contribution in [1.29, 1.82) is 0 Å². The highest BCUT2D eigenvalue weighted by molar-refractivity contribution is 8.64. The van der Waals surface area contributed by atoms with Gasteiger partial charge in [0.15, 0.2) is 5.04 Å². The topological polar surface area (TPSA) is 49.7 Å². The zero-order valence-corrected chi connectivity index (χ0v) is 9.29. The Morgan fingerprint density at radius 2 is 2.00 bits per heavy atom. The summed E-state index contributed by atoms with van der Waals surface area (Å²) >= 11 is 10.3. The highest BCUT2D eigenvalue weighted by Gasteiger charge is 2.29. The molecule has 0 saturated carbocycles. The quantitative estimate of drug-likeness (QED) is 0.806. The summed E-state index contributed by atoms with van der Waals surface area (Å²) in [4.78, 5) is 15.5. The molecule has 2 rings (SSSR count). The fourth-order valence-corrected chi connectivity index (χ4v) is 4.01. The number of nitrogens with zero attached hydrogens (tertiary/aromatic N) is 1. The van der Waals surface area contributed by atoms with Crippen molar-refractivity contribution in [2.24, 2.45) is 4.99 Å². The zero-order valence-electron chi connectivity index (χ0n) is 6.84. The minimum atomic E-state index is -2.23. The lowest BCUT2D eigenvalue weighted by Crippen LogP contribution is -2.18. The minimum absolute atomic E-state index is 0.0660. The average molecular weight is 243 g/mol. The second kappa shape index (κ2) is 3.08. The number of aliphatic imine (C=N–C) groups is 1. The van der Waals surface area contributed by atoms with Gasteiger partial charge < -0.3 is 5.11 Å². The lowest BCUT2D eigenvalue weighted by molar-refractivity contribution is -0.129. The van der Waals surface area contributed by atoms with Crippen LogP contribution in [0.1, 0.15) is 0 Å². The molecule has 3 nitrogen and oxygen atoms in total. The van der Waals surface area contributed by atoms with Crippen molar-refractivity contribution in [2.75, 3.05) is 0 Å². The van der Waals surface area contributed by atoms with E-state index in [1.807, 2.05) is 0 Å². The number of rotatable bonds is 1. The van der Waals surface area contributed by atoms with Crippen LogP contribution >= 0.6 is 0 Å². The summed E-state index contributed by atoms with van der Waals surface area (Å²) in [5.74, 6) is -1.11. The lowest BCUT2D eigenvalue weighted by atomic mass is 10.3. The number of carboxylic acid groups (broad SMARTS) is 1. The minimum Gasteiger partial charge on any atom is -0.476 e. The molecule has 0 fully saturated rings. The fraction of sp³-hybridized carbons (Fsp3) is 0. The largest absolute Gasteiger partial charge is 0.476 e. The molecule has 0 unspecified atom stereocenters. The van der Waals surface area contributed by atoms with Crippen LogP contribution in [0.3, 0.4) is 0 Å². The van der Waals surface area contributed by atoms with Gasteiger partial charge in [-0.3, -0.25) is 0 Å². The Kier molecular flexibility index (Phi) is 2.13. The molecule has 0 atom stereocenters. The van der Waals surface area contributed by atoms with E-state index in [1.165, 1.54) is 0 Å². The third kappa shape index (κ3) is 1.26. The maximum atomic E-state index is 10.8. The molecule has 0 aromatic heterocycles. The van der Waals surface area contributed by atoms with Gasteiger partial charge in [0, 0.05) is 4.90 Å². The van der Waals surface area contributed by atoms with Gasteiger partial charge in [-0.1, -0.05) is 12.1 Å². The average Bonchev–Trinajstić information content (AvgIpc) is 2.39. The van der Waals surface area contributed by atoms with Gasteiger partial charge in [0.05, 0.1) is 5.69 Å². The van der Waals surface area contributed by atoms with E-state index in [9.17, 15) is 4.79 Å². The van der Waals surface area contributed by atoms with Crippen LogP contribution in [0, 0.1) is 0 Å². The first-order valence-electron chi connectivity index (χ1n) is 3.69. The number of benzene rings is 1. The van der Waals surface area contributed by atoms with Crippen LogP contribution in [0.15, 0.2) is 34.2 Å². The Morgan fingerprint density at radius 3 is 2.57 bits per heavy atom. The summed E-state index contributed by atoms with van der Waals surface area (Å²) in [5, 5.41) is 8.81. The highest BCUT2D eigenvalue weighted by Crippen LogP contribution is 2.33. The lowest BCUT2D eigenvalue weighted by Gasteiger charge is -2.02. The summed E-state index contributed by atoms with van der Waals surface area (Å²) in [7, 11) is -2.23. The fourth-order valence-electron chi connectivity index (χ4n) is 1.21. The van der Waals surface area contributed by atoms with E-state index in [2.05, 4.69) is 4.99 Å². The van der Waals surface area contributed by atoms with Gasteiger partial charge >= 0.3 is 5.97 Å². The van der Waals surface area contributed by atoms with Crippen LogP contribution in [0.25, 0.3) is 0 Å². The second-order valence-corrected chi connectivity index (χ2v) is 8.16. The molecule has 72 valence electrons. The zero-order chi connectivity index (χ0) is 10.3. The number of aliphatic carboxylic acids is 1. The van der Waals surface area contributed by atoms with E-state index in [-0.39, 0.29) is 5.04 Å². The molecule has 1 heterocycles. The number of carbonyl (C=O) groups is 1. The third-order valence-corrected chi connectivity index (χ3v) is 5.54. The molecule has 0 amide bonds. The van der Waals surface area contributed by atoms with E-state index in [4.69, 9.17) is 27.5 Å². The van der Waals surface area contributed by atoms with E-state index in [1.54, 1.807) is 24.3 Å². The first-order valence-corrected chi connectivity index (χ1v) is 7.18.